The van der Waals surface area contributed by atoms with Gasteiger partial charge >= 0.3 is 0 Å². The normalized spacial score (nSPS) is 11.1. The molecule has 180 valence electrons. The molecule has 5 nitrogen and oxygen atoms in total. The van der Waals surface area contributed by atoms with Crippen LogP contribution in [0.25, 0.3) is 17.3 Å². The molecule has 0 spiro atoms. The first-order valence-electron chi connectivity index (χ1n) is 10.9. The second-order valence-corrected chi connectivity index (χ2v) is 8.66. The Bertz CT molecular complexity index is 1450. The summed E-state index contributed by atoms with van der Waals surface area (Å²) in [5.41, 5.74) is 11.1. The zero-order chi connectivity index (χ0) is 25.5. The van der Waals surface area contributed by atoms with Gasteiger partial charge in [-0.1, -0.05) is 36.4 Å². The molecule has 4 rings (SSSR count). The first kappa shape index (κ1) is 24.8. The van der Waals surface area contributed by atoms with Gasteiger partial charge in [-0.25, -0.2) is 13.8 Å². The first-order valence-corrected chi connectivity index (χ1v) is 11.8. The molecule has 1 heterocycles. The van der Waals surface area contributed by atoms with Crippen LogP contribution in [0.15, 0.2) is 89.3 Å². The van der Waals surface area contributed by atoms with Crippen LogP contribution in [-0.4, -0.2) is 12.1 Å². The van der Waals surface area contributed by atoms with Crippen LogP contribution in [0.5, 0.6) is 5.88 Å². The van der Waals surface area contributed by atoms with Crippen molar-refractivity contribution < 1.29 is 13.5 Å². The van der Waals surface area contributed by atoms with Gasteiger partial charge in [-0.2, -0.15) is 5.26 Å². The van der Waals surface area contributed by atoms with E-state index in [9.17, 15) is 14.0 Å². The van der Waals surface area contributed by atoms with Crippen LogP contribution in [0.3, 0.4) is 0 Å². The van der Waals surface area contributed by atoms with Crippen LogP contribution in [0, 0.1) is 23.0 Å². The predicted molar refractivity (Wildman–Crippen MR) is 140 cm³/mol. The lowest BCUT2D eigenvalue weighted by Crippen LogP contribution is -1.99. The van der Waals surface area contributed by atoms with E-state index >= 15 is 0 Å². The number of nitrogens with zero attached hydrogens (tertiary/aromatic N) is 2. The molecule has 0 bridgehead atoms. The summed E-state index contributed by atoms with van der Waals surface area (Å²) in [6.07, 6.45) is 2.22. The number of methoxy groups -OCH3 is 1. The molecule has 0 atom stereocenters. The zero-order valence-electron chi connectivity index (χ0n) is 19.3. The van der Waals surface area contributed by atoms with Crippen LogP contribution in [0.4, 0.5) is 20.2 Å². The fourth-order valence-electron chi connectivity index (χ4n) is 3.50. The van der Waals surface area contributed by atoms with Gasteiger partial charge in [0.25, 0.3) is 0 Å². The van der Waals surface area contributed by atoms with Crippen molar-refractivity contribution in [3.05, 3.63) is 107 Å². The highest BCUT2D eigenvalue weighted by molar-refractivity contribution is 8.00. The number of ether oxygens (including phenoxy) is 1. The second-order valence-electron chi connectivity index (χ2n) is 7.81. The van der Waals surface area contributed by atoms with Crippen molar-refractivity contribution in [1.82, 2.24) is 4.98 Å². The van der Waals surface area contributed by atoms with Crippen LogP contribution in [0.1, 0.15) is 11.1 Å². The van der Waals surface area contributed by atoms with E-state index < -0.39 is 11.6 Å². The number of nitrogens with two attached hydrogens (primary N) is 1. The van der Waals surface area contributed by atoms with Crippen LogP contribution < -0.4 is 15.2 Å². The van der Waals surface area contributed by atoms with Crippen molar-refractivity contribution in [2.45, 2.75) is 11.3 Å². The topological polar surface area (TPSA) is 84.0 Å². The molecule has 0 aliphatic rings. The van der Waals surface area contributed by atoms with Crippen LogP contribution >= 0.6 is 11.9 Å². The van der Waals surface area contributed by atoms with Gasteiger partial charge in [0.05, 0.1) is 23.8 Å². The molecule has 0 unspecified atom stereocenters. The number of rotatable bonds is 8. The molecule has 0 aliphatic carbocycles. The molecular formula is C28H22F2N4OS. The third-order valence-electron chi connectivity index (χ3n) is 5.32. The highest BCUT2D eigenvalue weighted by Gasteiger charge is 2.12. The number of nitrogens with one attached hydrogen (secondary N) is 1. The lowest BCUT2D eigenvalue weighted by Gasteiger charge is -2.13. The summed E-state index contributed by atoms with van der Waals surface area (Å²) in [5, 5.41) is 9.65. The van der Waals surface area contributed by atoms with Crippen molar-refractivity contribution in [1.29, 1.82) is 5.26 Å². The summed E-state index contributed by atoms with van der Waals surface area (Å²) < 4.78 is 35.5. The average molecular weight is 501 g/mol. The molecule has 8 heteroatoms. The third-order valence-corrected chi connectivity index (χ3v) is 6.20. The minimum atomic E-state index is -0.663. The molecule has 0 amide bonds. The molecule has 0 radical (unpaired) electrons. The monoisotopic (exact) mass is 500 g/mol. The van der Waals surface area contributed by atoms with Crippen molar-refractivity contribution in [2.75, 3.05) is 17.6 Å². The van der Waals surface area contributed by atoms with Gasteiger partial charge in [0.15, 0.2) is 0 Å². The van der Waals surface area contributed by atoms with Crippen molar-refractivity contribution >= 4 is 29.4 Å². The number of aromatic nitrogens is 1. The number of hydrogen-bond acceptors (Lipinski definition) is 6. The minimum Gasteiger partial charge on any atom is -0.479 e. The van der Waals surface area contributed by atoms with E-state index in [-0.39, 0.29) is 4.90 Å². The zero-order valence-corrected chi connectivity index (χ0v) is 20.2. The summed E-state index contributed by atoms with van der Waals surface area (Å²) in [6, 6.07) is 24.4. The predicted octanol–water partition coefficient (Wildman–Crippen LogP) is 6.89. The van der Waals surface area contributed by atoms with Crippen LogP contribution in [-0.2, 0) is 6.42 Å². The average Bonchev–Trinajstić information content (AvgIpc) is 2.89. The number of allylic oxidation sites excluding steroid dienone is 1. The van der Waals surface area contributed by atoms with E-state index in [1.165, 1.54) is 19.2 Å². The summed E-state index contributed by atoms with van der Waals surface area (Å²) in [5.74, 6) is -0.994. The fourth-order valence-corrected chi connectivity index (χ4v) is 4.17. The fraction of sp³-hybridized carbons (Fsp3) is 0.0714. The van der Waals surface area contributed by atoms with Crippen molar-refractivity contribution in [2.24, 2.45) is 0 Å². The Morgan fingerprint density at radius 3 is 2.61 bits per heavy atom. The molecule has 3 N–H and O–H groups in total. The Morgan fingerprint density at radius 2 is 1.89 bits per heavy atom. The van der Waals surface area contributed by atoms with Crippen molar-refractivity contribution in [3.63, 3.8) is 0 Å². The Hall–Kier alpha value is -4.35. The van der Waals surface area contributed by atoms with Gasteiger partial charge in [-0.3, -0.25) is 0 Å². The number of halogens is 2. The first-order chi connectivity index (χ1) is 17.5. The SMILES string of the molecule is COc1nc(-c2ccc(N)c(C/C(C#N)=C\c3ccccc3)c2)ccc1NSc1ccc(F)cc1F. The van der Waals surface area contributed by atoms with Crippen LogP contribution in [0.2, 0.25) is 0 Å². The molecule has 36 heavy (non-hydrogen) atoms. The molecule has 0 saturated heterocycles. The Labute approximate surface area is 212 Å². The number of nitrogen functional groups attached to an aromatic ring is 1. The van der Waals surface area contributed by atoms with E-state index in [0.717, 1.165) is 34.7 Å². The molecule has 0 fully saturated rings. The summed E-state index contributed by atoms with van der Waals surface area (Å²) in [7, 11) is 1.49. The van der Waals surface area contributed by atoms with E-state index in [0.29, 0.717) is 34.9 Å². The van der Waals surface area contributed by atoms with Gasteiger partial charge in [-0.05, 0) is 65.5 Å². The third kappa shape index (κ3) is 6.01. The smallest absolute Gasteiger partial charge is 0.238 e. The van der Waals surface area contributed by atoms with Gasteiger partial charge in [-0.15, -0.1) is 0 Å². The lowest BCUT2D eigenvalue weighted by molar-refractivity contribution is 0.401. The Kier molecular flexibility index (Phi) is 7.83. The molecular weight excluding hydrogens is 478 g/mol. The summed E-state index contributed by atoms with van der Waals surface area (Å²) in [4.78, 5) is 4.81. The molecule has 3 aromatic carbocycles. The number of pyridine rings is 1. The highest BCUT2D eigenvalue weighted by atomic mass is 32.2. The molecule has 4 aromatic rings. The quantitative estimate of drug-likeness (QED) is 0.156. The Morgan fingerprint density at radius 1 is 1.08 bits per heavy atom. The number of nitriles is 1. The molecule has 0 aliphatic heterocycles. The number of anilines is 2. The lowest BCUT2D eigenvalue weighted by atomic mass is 9.99. The van der Waals surface area contributed by atoms with E-state index in [4.69, 9.17) is 10.5 Å². The number of benzene rings is 3. The van der Waals surface area contributed by atoms with Gasteiger partial charge in [0.1, 0.15) is 17.3 Å². The van der Waals surface area contributed by atoms with E-state index in [2.05, 4.69) is 15.8 Å². The van der Waals surface area contributed by atoms with Crippen molar-refractivity contribution in [3.8, 4) is 23.2 Å². The van der Waals surface area contributed by atoms with E-state index in [1.54, 1.807) is 18.2 Å². The second kappa shape index (κ2) is 11.4. The summed E-state index contributed by atoms with van der Waals surface area (Å²) >= 11 is 0.989. The largest absolute Gasteiger partial charge is 0.479 e. The maximum atomic E-state index is 13.9. The Balaban J connectivity index is 1.56. The standard InChI is InChI=1S/C28H22F2N4OS/c1-35-28-26(34-36-27-12-8-22(29)16-23(27)30)11-10-25(33-28)20-7-9-24(32)21(15-20)14-19(17-31)13-18-5-3-2-4-6-18/h2-13,15-16,34H,14,32H2,1H3/b19-13+. The summed E-state index contributed by atoms with van der Waals surface area (Å²) in [6.45, 7) is 0. The maximum absolute atomic E-state index is 13.9. The maximum Gasteiger partial charge on any atom is 0.238 e. The van der Waals surface area contributed by atoms with E-state index in [1.807, 2.05) is 48.5 Å². The van der Waals surface area contributed by atoms with Gasteiger partial charge in [0.2, 0.25) is 5.88 Å². The molecule has 1 aromatic heterocycles. The number of hydrogen-bond donors (Lipinski definition) is 2. The highest BCUT2D eigenvalue weighted by Crippen LogP contribution is 2.32. The minimum absolute atomic E-state index is 0.238. The van der Waals surface area contributed by atoms with Gasteiger partial charge < -0.3 is 15.2 Å². The molecule has 0 saturated carbocycles. The van der Waals surface area contributed by atoms with Gasteiger partial charge in [0, 0.05) is 29.3 Å².